The van der Waals surface area contributed by atoms with Gasteiger partial charge in [-0.05, 0) is 38.5 Å². The zero-order valence-corrected chi connectivity index (χ0v) is 19.9. The van der Waals surface area contributed by atoms with Gasteiger partial charge >= 0.3 is 0 Å². The Morgan fingerprint density at radius 2 is 1.93 bits per heavy atom. The van der Waals surface area contributed by atoms with E-state index < -0.39 is 10.0 Å². The van der Waals surface area contributed by atoms with Crippen LogP contribution >= 0.6 is 24.0 Å². The molecule has 2 unspecified atom stereocenters. The maximum Gasteiger partial charge on any atom is 0.213 e. The van der Waals surface area contributed by atoms with Gasteiger partial charge < -0.3 is 19.7 Å². The average molecular weight is 530 g/mol. The molecule has 2 saturated heterocycles. The van der Waals surface area contributed by atoms with Crippen molar-refractivity contribution in [2.24, 2.45) is 10.9 Å². The molecule has 164 valence electrons. The van der Waals surface area contributed by atoms with Gasteiger partial charge in [0.1, 0.15) is 6.10 Å². The number of sulfonamides is 1. The van der Waals surface area contributed by atoms with Crippen LogP contribution in [0.15, 0.2) is 4.99 Å². The highest BCUT2D eigenvalue weighted by atomic mass is 127. The average Bonchev–Trinajstić information content (AvgIpc) is 3.14. The molecule has 3 rings (SSSR count). The number of morpholine rings is 1. The molecule has 2 heterocycles. The van der Waals surface area contributed by atoms with Crippen LogP contribution in [0.1, 0.15) is 39.0 Å². The third-order valence-electron chi connectivity index (χ3n) is 5.55. The molecular weight excluding hydrogens is 495 g/mol. The summed E-state index contributed by atoms with van der Waals surface area (Å²) in [6.45, 7) is 6.51. The number of halogens is 1. The number of hydrogen-bond acceptors (Lipinski definition) is 5. The lowest BCUT2D eigenvalue weighted by molar-refractivity contribution is -0.0816. The number of rotatable bonds is 8. The van der Waals surface area contributed by atoms with Crippen molar-refractivity contribution in [1.82, 2.24) is 14.9 Å². The highest BCUT2D eigenvalue weighted by Gasteiger charge is 2.32. The van der Waals surface area contributed by atoms with E-state index in [0.717, 1.165) is 57.9 Å². The SMILES string of the molecule is CCNC(=NCCS(=O)(=O)NCC1CCC1)N1CCOC(C2CCCO2)C1.I. The Kier molecular flexibility index (Phi) is 10.2. The van der Waals surface area contributed by atoms with Gasteiger partial charge in [0.15, 0.2) is 5.96 Å². The molecule has 0 aromatic rings. The standard InChI is InChI=1S/C18H34N4O4S.HI/c1-2-19-18(20-8-12-27(23,24)21-13-15-5-3-6-15)22-9-11-26-17(14-22)16-7-4-10-25-16;/h15-17,21H,2-14H2,1H3,(H,19,20);1H. The summed E-state index contributed by atoms with van der Waals surface area (Å²) in [6.07, 6.45) is 5.82. The highest BCUT2D eigenvalue weighted by molar-refractivity contribution is 14.0. The van der Waals surface area contributed by atoms with Crippen molar-refractivity contribution in [3.8, 4) is 0 Å². The Morgan fingerprint density at radius 1 is 1.14 bits per heavy atom. The molecule has 0 aromatic carbocycles. The summed E-state index contributed by atoms with van der Waals surface area (Å²) in [5, 5.41) is 3.28. The molecule has 0 bridgehead atoms. The van der Waals surface area contributed by atoms with Crippen molar-refractivity contribution in [2.45, 2.75) is 51.2 Å². The van der Waals surface area contributed by atoms with Crippen molar-refractivity contribution in [3.05, 3.63) is 0 Å². The third-order valence-corrected chi connectivity index (χ3v) is 6.87. The molecule has 2 aliphatic heterocycles. The quantitative estimate of drug-likeness (QED) is 0.278. The summed E-state index contributed by atoms with van der Waals surface area (Å²) in [6, 6.07) is 0. The Labute approximate surface area is 186 Å². The number of hydrogen-bond donors (Lipinski definition) is 2. The van der Waals surface area contributed by atoms with Gasteiger partial charge in [0.25, 0.3) is 0 Å². The third kappa shape index (κ3) is 7.26. The highest BCUT2D eigenvalue weighted by Crippen LogP contribution is 2.25. The second kappa shape index (κ2) is 11.9. The van der Waals surface area contributed by atoms with Crippen molar-refractivity contribution in [3.63, 3.8) is 0 Å². The van der Waals surface area contributed by atoms with Crippen LogP contribution in [0.4, 0.5) is 0 Å². The molecule has 10 heteroatoms. The van der Waals surface area contributed by atoms with Crippen LogP contribution in [0.3, 0.4) is 0 Å². The summed E-state index contributed by atoms with van der Waals surface area (Å²) in [5.74, 6) is 1.30. The van der Waals surface area contributed by atoms with Gasteiger partial charge in [-0.3, -0.25) is 4.99 Å². The number of nitrogens with one attached hydrogen (secondary N) is 2. The monoisotopic (exact) mass is 530 g/mol. The molecule has 2 atom stereocenters. The summed E-state index contributed by atoms with van der Waals surface area (Å²) in [7, 11) is -3.27. The minimum absolute atomic E-state index is 0. The fraction of sp³-hybridized carbons (Fsp3) is 0.944. The van der Waals surface area contributed by atoms with E-state index in [1.165, 1.54) is 6.42 Å². The molecule has 2 N–H and O–H groups in total. The van der Waals surface area contributed by atoms with E-state index in [1.54, 1.807) is 0 Å². The molecule has 1 aliphatic carbocycles. The normalized spacial score (nSPS) is 26.6. The van der Waals surface area contributed by atoms with Crippen LogP contribution in [0.2, 0.25) is 0 Å². The van der Waals surface area contributed by atoms with Crippen molar-refractivity contribution >= 4 is 40.0 Å². The fourth-order valence-corrected chi connectivity index (χ4v) is 4.67. The number of nitrogens with zero attached hydrogens (tertiary/aromatic N) is 2. The minimum atomic E-state index is -3.27. The zero-order valence-electron chi connectivity index (χ0n) is 16.8. The van der Waals surface area contributed by atoms with Gasteiger partial charge in [0.2, 0.25) is 10.0 Å². The van der Waals surface area contributed by atoms with Crippen molar-refractivity contribution < 1.29 is 17.9 Å². The summed E-state index contributed by atoms with van der Waals surface area (Å²) in [4.78, 5) is 6.72. The van der Waals surface area contributed by atoms with Crippen LogP contribution in [0.25, 0.3) is 0 Å². The van der Waals surface area contributed by atoms with E-state index in [2.05, 4.69) is 19.9 Å². The van der Waals surface area contributed by atoms with Crippen LogP contribution in [-0.2, 0) is 19.5 Å². The molecule has 0 aromatic heterocycles. The van der Waals surface area contributed by atoms with Crippen molar-refractivity contribution in [1.29, 1.82) is 0 Å². The smallest absolute Gasteiger partial charge is 0.213 e. The van der Waals surface area contributed by atoms with Gasteiger partial charge in [-0.1, -0.05) is 6.42 Å². The number of ether oxygens (including phenoxy) is 2. The molecule has 8 nitrogen and oxygen atoms in total. The molecule has 28 heavy (non-hydrogen) atoms. The van der Waals surface area contributed by atoms with Crippen LogP contribution in [0, 0.1) is 5.92 Å². The van der Waals surface area contributed by atoms with E-state index >= 15 is 0 Å². The Balaban J connectivity index is 0.00000280. The maximum absolute atomic E-state index is 12.2. The van der Waals surface area contributed by atoms with Gasteiger partial charge in [0.05, 0.1) is 25.0 Å². The van der Waals surface area contributed by atoms with Gasteiger partial charge in [0, 0.05) is 32.8 Å². The lowest BCUT2D eigenvalue weighted by Gasteiger charge is -2.37. The largest absolute Gasteiger partial charge is 0.375 e. The zero-order chi connectivity index (χ0) is 19.1. The van der Waals surface area contributed by atoms with Gasteiger partial charge in [-0.25, -0.2) is 13.1 Å². The molecule has 3 fully saturated rings. The number of aliphatic imine (C=N–C) groups is 1. The van der Waals surface area contributed by atoms with Crippen molar-refractivity contribution in [2.75, 3.05) is 51.7 Å². The van der Waals surface area contributed by atoms with Crippen LogP contribution < -0.4 is 10.0 Å². The second-order valence-electron chi connectivity index (χ2n) is 7.61. The Morgan fingerprint density at radius 3 is 2.57 bits per heavy atom. The fourth-order valence-electron chi connectivity index (χ4n) is 3.70. The topological polar surface area (TPSA) is 92.3 Å². The molecule has 1 saturated carbocycles. The first-order chi connectivity index (χ1) is 13.1. The first kappa shape index (κ1) is 24.1. The summed E-state index contributed by atoms with van der Waals surface area (Å²) in [5.41, 5.74) is 0. The van der Waals surface area contributed by atoms with E-state index in [0.29, 0.717) is 19.1 Å². The molecule has 0 radical (unpaired) electrons. The molecular formula is C18H35IN4O4S. The van der Waals surface area contributed by atoms with E-state index in [-0.39, 0.29) is 48.5 Å². The van der Waals surface area contributed by atoms with Gasteiger partial charge in [-0.15, -0.1) is 24.0 Å². The predicted octanol–water partition coefficient (Wildman–Crippen LogP) is 1.17. The van der Waals surface area contributed by atoms with E-state index in [9.17, 15) is 8.42 Å². The second-order valence-corrected chi connectivity index (χ2v) is 9.53. The van der Waals surface area contributed by atoms with Crippen LogP contribution in [0.5, 0.6) is 0 Å². The first-order valence-electron chi connectivity index (χ1n) is 10.3. The number of guanidine groups is 1. The van der Waals surface area contributed by atoms with Gasteiger partial charge in [-0.2, -0.15) is 0 Å². The lowest BCUT2D eigenvalue weighted by Crippen LogP contribution is -2.53. The van der Waals surface area contributed by atoms with Crippen LogP contribution in [-0.4, -0.2) is 83.2 Å². The maximum atomic E-state index is 12.2. The summed E-state index contributed by atoms with van der Waals surface area (Å²) < 4.78 is 38.7. The molecule has 3 aliphatic rings. The minimum Gasteiger partial charge on any atom is -0.375 e. The Hall–Kier alpha value is -0.170. The molecule has 0 amide bonds. The van der Waals surface area contributed by atoms with E-state index in [1.807, 2.05) is 6.92 Å². The predicted molar refractivity (Wildman–Crippen MR) is 121 cm³/mol. The lowest BCUT2D eigenvalue weighted by atomic mass is 9.86. The molecule has 0 spiro atoms. The first-order valence-corrected chi connectivity index (χ1v) is 12.0. The summed E-state index contributed by atoms with van der Waals surface area (Å²) >= 11 is 0. The Bertz CT molecular complexity index is 594. The van der Waals surface area contributed by atoms with E-state index in [4.69, 9.17) is 9.47 Å².